The molecular weight excluding hydrogens is 314 g/mol. The zero-order valence-corrected chi connectivity index (χ0v) is 13.6. The average molecular weight is 331 g/mol. The maximum absolute atomic E-state index is 12.7. The van der Waals surface area contributed by atoms with Gasteiger partial charge in [-0.2, -0.15) is 0 Å². The largest absolute Gasteiger partial charge is 0.396 e. The molecule has 0 amide bonds. The van der Waals surface area contributed by atoms with E-state index >= 15 is 0 Å². The van der Waals surface area contributed by atoms with Gasteiger partial charge in [0.15, 0.2) is 0 Å². The number of benzene rings is 1. The van der Waals surface area contributed by atoms with Gasteiger partial charge in [-0.3, -0.25) is 9.36 Å². The molecule has 3 aromatic rings. The fourth-order valence-corrected chi connectivity index (χ4v) is 3.13. The van der Waals surface area contributed by atoms with Gasteiger partial charge in [0.1, 0.15) is 11.5 Å². The minimum absolute atomic E-state index is 0.0395. The van der Waals surface area contributed by atoms with Crippen LogP contribution in [0.4, 0.5) is 0 Å². The van der Waals surface area contributed by atoms with Crippen LogP contribution < -0.4 is 5.56 Å². The summed E-state index contributed by atoms with van der Waals surface area (Å²) in [5, 5.41) is 9.94. The van der Waals surface area contributed by atoms with Crippen LogP contribution >= 0.6 is 0 Å². The fraction of sp³-hybridized carbons (Fsp3) is 0.250. The Morgan fingerprint density at radius 1 is 1.24 bits per heavy atom. The molecule has 4 rings (SSSR count). The molecule has 25 heavy (non-hydrogen) atoms. The van der Waals surface area contributed by atoms with Gasteiger partial charge in [0.2, 0.25) is 0 Å². The number of aliphatic hydroxyl groups is 1. The summed E-state index contributed by atoms with van der Waals surface area (Å²) < 4.78 is 1.70. The van der Waals surface area contributed by atoms with Crippen LogP contribution in [0.3, 0.4) is 0 Å². The monoisotopic (exact) mass is 331 g/mol. The van der Waals surface area contributed by atoms with E-state index in [2.05, 4.69) is 21.8 Å². The predicted molar refractivity (Wildman–Crippen MR) is 95.1 cm³/mol. The van der Waals surface area contributed by atoms with Crippen molar-refractivity contribution in [3.8, 4) is 11.8 Å². The van der Waals surface area contributed by atoms with E-state index in [9.17, 15) is 9.90 Å². The molecule has 0 saturated heterocycles. The van der Waals surface area contributed by atoms with Crippen molar-refractivity contribution in [2.45, 2.75) is 19.4 Å². The van der Waals surface area contributed by atoms with Crippen LogP contribution in [0.5, 0.6) is 0 Å². The van der Waals surface area contributed by atoms with E-state index in [0.717, 1.165) is 17.8 Å². The van der Waals surface area contributed by atoms with Gasteiger partial charge < -0.3 is 5.11 Å². The molecule has 1 aliphatic rings. The highest BCUT2D eigenvalue weighted by Crippen LogP contribution is 2.19. The first-order chi connectivity index (χ1) is 12.2. The summed E-state index contributed by atoms with van der Waals surface area (Å²) in [6, 6.07) is 11.1. The third-order valence-corrected chi connectivity index (χ3v) is 4.51. The second-order valence-electron chi connectivity index (χ2n) is 6.23. The van der Waals surface area contributed by atoms with Gasteiger partial charge in [-0.15, -0.1) is 0 Å². The minimum Gasteiger partial charge on any atom is -0.396 e. The predicted octanol–water partition coefficient (Wildman–Crippen LogP) is 1.75. The average Bonchev–Trinajstić information content (AvgIpc) is 2.67. The molecule has 0 fully saturated rings. The summed E-state index contributed by atoms with van der Waals surface area (Å²) in [6.07, 6.45) is 3.27. The van der Waals surface area contributed by atoms with Crippen LogP contribution in [0, 0.1) is 17.8 Å². The lowest BCUT2D eigenvalue weighted by atomic mass is 9.99. The lowest BCUT2D eigenvalue weighted by Crippen LogP contribution is -2.33. The first-order valence-corrected chi connectivity index (χ1v) is 8.32. The molecule has 0 bridgehead atoms. The van der Waals surface area contributed by atoms with Crippen molar-refractivity contribution in [2.24, 2.45) is 5.92 Å². The number of aromatic nitrogens is 3. The third kappa shape index (κ3) is 3.04. The van der Waals surface area contributed by atoms with Crippen LogP contribution in [0.15, 0.2) is 47.4 Å². The fourth-order valence-electron chi connectivity index (χ4n) is 3.13. The summed E-state index contributed by atoms with van der Waals surface area (Å²) in [7, 11) is 0. The van der Waals surface area contributed by atoms with E-state index in [1.54, 1.807) is 16.8 Å². The zero-order chi connectivity index (χ0) is 17.2. The summed E-state index contributed by atoms with van der Waals surface area (Å²) in [6.45, 7) is 0.640. The normalized spacial score (nSPS) is 16.1. The topological polar surface area (TPSA) is 68.0 Å². The standard InChI is InChI=1S/C20H17N3O2/c24-13-15-6-9-19-22-18-11-14(4-7-16-3-1-2-10-21-16)5-8-17(18)20(25)23(19)12-15/h1-3,5,8,10-11,15,24H,6,9,12-13H2. The number of hydrogen-bond donors (Lipinski definition) is 1. The lowest BCUT2D eigenvalue weighted by molar-refractivity contribution is 0.188. The van der Waals surface area contributed by atoms with Crippen LogP contribution in [-0.4, -0.2) is 26.2 Å². The van der Waals surface area contributed by atoms with Gasteiger partial charge in [-0.25, -0.2) is 9.97 Å². The highest BCUT2D eigenvalue weighted by molar-refractivity contribution is 5.79. The van der Waals surface area contributed by atoms with Crippen LogP contribution in [0.25, 0.3) is 10.9 Å². The van der Waals surface area contributed by atoms with Crippen molar-refractivity contribution in [2.75, 3.05) is 6.61 Å². The third-order valence-electron chi connectivity index (χ3n) is 4.51. The molecule has 0 spiro atoms. The number of nitrogens with zero attached hydrogens (tertiary/aromatic N) is 3. The number of rotatable bonds is 1. The highest BCUT2D eigenvalue weighted by atomic mass is 16.3. The molecule has 3 heterocycles. The van der Waals surface area contributed by atoms with Gasteiger partial charge in [-0.05, 0) is 42.7 Å². The number of fused-ring (bicyclic) bond motifs is 2. The van der Waals surface area contributed by atoms with Crippen molar-refractivity contribution in [1.29, 1.82) is 0 Å². The molecule has 5 heteroatoms. The first kappa shape index (κ1) is 15.6. The molecule has 0 aliphatic carbocycles. The van der Waals surface area contributed by atoms with E-state index in [4.69, 9.17) is 0 Å². The number of aliphatic hydroxyl groups excluding tert-OH is 1. The van der Waals surface area contributed by atoms with Crippen LogP contribution in [-0.2, 0) is 13.0 Å². The minimum atomic E-state index is -0.0395. The Labute approximate surface area is 145 Å². The van der Waals surface area contributed by atoms with Crippen molar-refractivity contribution in [1.82, 2.24) is 14.5 Å². The molecule has 124 valence electrons. The Bertz CT molecular complexity index is 1050. The van der Waals surface area contributed by atoms with Gasteiger partial charge in [-0.1, -0.05) is 12.0 Å². The second-order valence-corrected chi connectivity index (χ2v) is 6.23. The van der Waals surface area contributed by atoms with E-state index in [0.29, 0.717) is 29.6 Å². The summed E-state index contributed by atoms with van der Waals surface area (Å²) >= 11 is 0. The molecule has 0 radical (unpaired) electrons. The van der Waals surface area contributed by atoms with E-state index < -0.39 is 0 Å². The molecule has 1 atom stereocenters. The number of pyridine rings is 1. The smallest absolute Gasteiger partial charge is 0.261 e. The lowest BCUT2D eigenvalue weighted by Gasteiger charge is -2.24. The van der Waals surface area contributed by atoms with Crippen molar-refractivity contribution in [3.05, 3.63) is 70.0 Å². The Balaban J connectivity index is 1.75. The van der Waals surface area contributed by atoms with E-state index in [1.165, 1.54) is 0 Å². The summed E-state index contributed by atoms with van der Waals surface area (Å²) in [4.78, 5) is 21.6. The maximum Gasteiger partial charge on any atom is 0.261 e. The summed E-state index contributed by atoms with van der Waals surface area (Å²) in [5.41, 5.74) is 2.14. The quantitative estimate of drug-likeness (QED) is 0.690. The number of aryl methyl sites for hydroxylation is 1. The molecular formula is C20H17N3O2. The molecule has 2 aromatic heterocycles. The molecule has 1 unspecified atom stereocenters. The van der Waals surface area contributed by atoms with Gasteiger partial charge in [0.25, 0.3) is 5.56 Å². The van der Waals surface area contributed by atoms with E-state index in [1.807, 2.05) is 30.3 Å². The Kier molecular flexibility index (Phi) is 4.04. The Hall–Kier alpha value is -2.97. The molecule has 0 saturated carbocycles. The maximum atomic E-state index is 12.7. The Morgan fingerprint density at radius 2 is 2.16 bits per heavy atom. The van der Waals surface area contributed by atoms with Crippen molar-refractivity contribution >= 4 is 10.9 Å². The van der Waals surface area contributed by atoms with Gasteiger partial charge in [0.05, 0.1) is 10.9 Å². The second kappa shape index (κ2) is 6.50. The highest BCUT2D eigenvalue weighted by Gasteiger charge is 2.21. The molecule has 1 N–H and O–H groups in total. The van der Waals surface area contributed by atoms with Gasteiger partial charge in [0, 0.05) is 37.3 Å². The van der Waals surface area contributed by atoms with Crippen LogP contribution in [0.2, 0.25) is 0 Å². The SMILES string of the molecule is O=c1c2ccc(C#Cc3ccccn3)cc2nc2n1CC(CO)CC2. The first-order valence-electron chi connectivity index (χ1n) is 8.32. The van der Waals surface area contributed by atoms with Crippen molar-refractivity contribution < 1.29 is 5.11 Å². The van der Waals surface area contributed by atoms with Gasteiger partial charge >= 0.3 is 0 Å². The molecule has 5 nitrogen and oxygen atoms in total. The zero-order valence-electron chi connectivity index (χ0n) is 13.6. The number of hydrogen-bond acceptors (Lipinski definition) is 4. The molecule has 1 aromatic carbocycles. The Morgan fingerprint density at radius 3 is 2.96 bits per heavy atom. The van der Waals surface area contributed by atoms with Crippen molar-refractivity contribution in [3.63, 3.8) is 0 Å². The van der Waals surface area contributed by atoms with Crippen LogP contribution in [0.1, 0.15) is 23.5 Å². The summed E-state index contributed by atoms with van der Waals surface area (Å²) in [5.74, 6) is 7.01. The molecule has 1 aliphatic heterocycles. The van der Waals surface area contributed by atoms with E-state index in [-0.39, 0.29) is 18.1 Å².